The lowest BCUT2D eigenvalue weighted by molar-refractivity contribution is 1.63. The fraction of sp³-hybridized carbons (Fsp3) is 0.143. The van der Waals surface area contributed by atoms with E-state index < -0.39 is 0 Å². The minimum Gasteiger partial charge on any atom is -0.136 e. The van der Waals surface area contributed by atoms with Crippen LogP contribution in [-0.2, 0) is 0 Å². The van der Waals surface area contributed by atoms with Gasteiger partial charge in [0.15, 0.2) is 0 Å². The predicted molar refractivity (Wildman–Crippen MR) is 73.2 cm³/mol. The van der Waals surface area contributed by atoms with Gasteiger partial charge < -0.3 is 0 Å². The van der Waals surface area contributed by atoms with Crippen LogP contribution in [-0.4, -0.2) is 0 Å². The van der Waals surface area contributed by atoms with Gasteiger partial charge in [-0.15, -0.1) is 11.3 Å². The number of hydrogen-bond acceptors (Lipinski definition) is 1. The SMILES string of the molecule is C=C/C=c1/c(C=C)c(/C=C\C)s/c1=C/C. The Bertz CT molecular complexity index is 498. The molecule has 0 aromatic carbocycles. The Balaban J connectivity index is 3.69. The Hall–Kier alpha value is -1.34. The molecule has 0 aliphatic rings. The normalized spacial score (nSPS) is 13.7. The van der Waals surface area contributed by atoms with Gasteiger partial charge in [-0.2, -0.15) is 0 Å². The summed E-state index contributed by atoms with van der Waals surface area (Å²) in [5, 5.41) is 1.22. The van der Waals surface area contributed by atoms with E-state index in [9.17, 15) is 0 Å². The monoisotopic (exact) mass is 216 g/mol. The zero-order chi connectivity index (χ0) is 11.3. The van der Waals surface area contributed by atoms with Gasteiger partial charge in [0.2, 0.25) is 0 Å². The first-order valence-corrected chi connectivity index (χ1v) is 5.77. The fourth-order valence-electron chi connectivity index (χ4n) is 1.48. The van der Waals surface area contributed by atoms with Crippen LogP contribution in [0.1, 0.15) is 24.3 Å². The number of thiophene rings is 1. The highest BCUT2D eigenvalue weighted by Gasteiger charge is 2.02. The van der Waals surface area contributed by atoms with Crippen molar-refractivity contribution >= 4 is 35.6 Å². The van der Waals surface area contributed by atoms with Crippen molar-refractivity contribution in [1.82, 2.24) is 0 Å². The van der Waals surface area contributed by atoms with Gasteiger partial charge >= 0.3 is 0 Å². The lowest BCUT2D eigenvalue weighted by Gasteiger charge is -1.89. The lowest BCUT2D eigenvalue weighted by atomic mass is 10.2. The van der Waals surface area contributed by atoms with Crippen LogP contribution < -0.4 is 9.75 Å². The van der Waals surface area contributed by atoms with Crippen molar-refractivity contribution < 1.29 is 0 Å². The summed E-state index contributed by atoms with van der Waals surface area (Å²) in [5.74, 6) is 0. The molecule has 0 unspecified atom stereocenters. The van der Waals surface area contributed by atoms with E-state index in [4.69, 9.17) is 0 Å². The Morgan fingerprint density at radius 1 is 1.20 bits per heavy atom. The Morgan fingerprint density at radius 3 is 2.40 bits per heavy atom. The number of hydrogen-bond donors (Lipinski definition) is 0. The first-order valence-electron chi connectivity index (χ1n) is 4.95. The van der Waals surface area contributed by atoms with Gasteiger partial charge in [-0.3, -0.25) is 0 Å². The zero-order valence-corrected chi connectivity index (χ0v) is 10.1. The van der Waals surface area contributed by atoms with Gasteiger partial charge in [0.25, 0.3) is 0 Å². The standard InChI is InChI=1S/C14H16S/c1-5-9-12-11(7-3)14(10-6-2)15-13(12)8-4/h5-10H,1,3H2,2,4H3/b10-6-,12-9-,13-8+. The summed E-state index contributed by atoms with van der Waals surface area (Å²) < 4.78 is 1.28. The van der Waals surface area contributed by atoms with Gasteiger partial charge in [-0.1, -0.05) is 43.5 Å². The van der Waals surface area contributed by atoms with Crippen LogP contribution in [0.4, 0.5) is 0 Å². The van der Waals surface area contributed by atoms with Crippen LogP contribution in [0, 0.1) is 0 Å². The largest absolute Gasteiger partial charge is 0.136 e. The molecular weight excluding hydrogens is 200 g/mol. The summed E-state index contributed by atoms with van der Waals surface area (Å²) in [6.45, 7) is 11.7. The Kier molecular flexibility index (Phi) is 4.32. The molecular formula is C14H16S. The smallest absolute Gasteiger partial charge is 0.0351 e. The fourth-order valence-corrected chi connectivity index (χ4v) is 2.63. The average Bonchev–Trinajstić information content (AvgIpc) is 2.57. The highest BCUT2D eigenvalue weighted by Crippen LogP contribution is 2.11. The minimum atomic E-state index is 1.20. The third-order valence-electron chi connectivity index (χ3n) is 2.11. The van der Waals surface area contributed by atoms with Gasteiger partial charge in [-0.05, 0) is 30.7 Å². The quantitative estimate of drug-likeness (QED) is 0.728. The van der Waals surface area contributed by atoms with E-state index in [0.29, 0.717) is 0 Å². The van der Waals surface area contributed by atoms with Crippen LogP contribution in [0.2, 0.25) is 0 Å². The Labute approximate surface area is 95.3 Å². The molecule has 0 amide bonds. The molecule has 15 heavy (non-hydrogen) atoms. The van der Waals surface area contributed by atoms with Crippen molar-refractivity contribution in [2.24, 2.45) is 0 Å². The topological polar surface area (TPSA) is 0 Å². The Morgan fingerprint density at radius 2 is 1.93 bits per heavy atom. The van der Waals surface area contributed by atoms with Crippen molar-refractivity contribution in [2.45, 2.75) is 13.8 Å². The van der Waals surface area contributed by atoms with Crippen LogP contribution in [0.25, 0.3) is 24.3 Å². The molecule has 0 nitrogen and oxygen atoms in total. The third kappa shape index (κ3) is 2.37. The molecule has 0 bridgehead atoms. The second kappa shape index (κ2) is 5.52. The molecule has 1 rings (SSSR count). The summed E-state index contributed by atoms with van der Waals surface area (Å²) in [7, 11) is 0. The molecule has 0 N–H and O–H groups in total. The van der Waals surface area contributed by atoms with E-state index in [1.165, 1.54) is 20.2 Å². The molecule has 0 saturated heterocycles. The van der Waals surface area contributed by atoms with Crippen LogP contribution >= 0.6 is 11.3 Å². The van der Waals surface area contributed by atoms with Crippen LogP contribution in [0.3, 0.4) is 0 Å². The second-order valence-corrected chi connectivity index (χ2v) is 4.14. The van der Waals surface area contributed by atoms with E-state index in [2.05, 4.69) is 38.3 Å². The highest BCUT2D eigenvalue weighted by molar-refractivity contribution is 7.11. The number of rotatable bonds is 3. The van der Waals surface area contributed by atoms with Gasteiger partial charge in [0, 0.05) is 9.41 Å². The first kappa shape index (κ1) is 11.7. The maximum atomic E-state index is 3.87. The molecule has 0 fully saturated rings. The minimum absolute atomic E-state index is 1.20. The van der Waals surface area contributed by atoms with Gasteiger partial charge in [0.1, 0.15) is 0 Å². The van der Waals surface area contributed by atoms with Crippen molar-refractivity contribution in [3.8, 4) is 0 Å². The molecule has 0 spiro atoms. The van der Waals surface area contributed by atoms with E-state index in [0.717, 1.165) is 0 Å². The van der Waals surface area contributed by atoms with E-state index in [1.807, 2.05) is 25.2 Å². The molecule has 1 aromatic heterocycles. The summed E-state index contributed by atoms with van der Waals surface area (Å²) in [6, 6.07) is 0. The van der Waals surface area contributed by atoms with Crippen LogP contribution in [0.5, 0.6) is 0 Å². The van der Waals surface area contributed by atoms with Gasteiger partial charge in [0.05, 0.1) is 0 Å². The molecule has 0 aliphatic carbocycles. The number of allylic oxidation sites excluding steroid dienone is 2. The molecule has 78 valence electrons. The molecule has 0 atom stereocenters. The average molecular weight is 216 g/mol. The summed E-state index contributed by atoms with van der Waals surface area (Å²) in [4.78, 5) is 1.26. The van der Waals surface area contributed by atoms with Crippen LogP contribution in [0.15, 0.2) is 25.3 Å². The summed E-state index contributed by atoms with van der Waals surface area (Å²) in [6.07, 6.45) is 12.1. The predicted octanol–water partition coefficient (Wildman–Crippen LogP) is 3.19. The van der Waals surface area contributed by atoms with E-state index >= 15 is 0 Å². The molecule has 0 aliphatic heterocycles. The molecule has 1 heterocycles. The van der Waals surface area contributed by atoms with Crippen molar-refractivity contribution in [2.75, 3.05) is 0 Å². The summed E-state index contributed by atoms with van der Waals surface area (Å²) in [5.41, 5.74) is 1.20. The molecule has 1 heteroatoms. The van der Waals surface area contributed by atoms with Crippen molar-refractivity contribution in [3.63, 3.8) is 0 Å². The zero-order valence-electron chi connectivity index (χ0n) is 9.29. The second-order valence-electron chi connectivity index (χ2n) is 3.05. The maximum absolute atomic E-state index is 3.87. The molecule has 0 saturated carbocycles. The first-order chi connectivity index (χ1) is 7.28. The third-order valence-corrected chi connectivity index (χ3v) is 3.36. The lowest BCUT2D eigenvalue weighted by Crippen LogP contribution is -2.19. The van der Waals surface area contributed by atoms with Crippen molar-refractivity contribution in [3.05, 3.63) is 45.5 Å². The van der Waals surface area contributed by atoms with E-state index in [1.54, 1.807) is 11.3 Å². The molecule has 1 aromatic rings. The van der Waals surface area contributed by atoms with Gasteiger partial charge in [-0.25, -0.2) is 0 Å². The van der Waals surface area contributed by atoms with Crippen molar-refractivity contribution in [1.29, 1.82) is 0 Å². The highest BCUT2D eigenvalue weighted by atomic mass is 32.1. The maximum Gasteiger partial charge on any atom is 0.0351 e. The summed E-state index contributed by atoms with van der Waals surface area (Å²) >= 11 is 1.78. The van der Waals surface area contributed by atoms with E-state index in [-0.39, 0.29) is 0 Å². The molecule has 0 radical (unpaired) electrons.